The van der Waals surface area contributed by atoms with E-state index in [9.17, 15) is 15.2 Å². The molecule has 1 saturated heterocycles. The predicted octanol–water partition coefficient (Wildman–Crippen LogP) is 1.87. The molecule has 0 bridgehead atoms. The smallest absolute Gasteiger partial charge is 0.255 e. The van der Waals surface area contributed by atoms with E-state index in [1.807, 2.05) is 12.1 Å². The van der Waals surface area contributed by atoms with Crippen molar-refractivity contribution in [3.05, 3.63) is 50.9 Å². The maximum absolute atomic E-state index is 12.6. The van der Waals surface area contributed by atoms with Crippen molar-refractivity contribution >= 4 is 11.6 Å². The number of nitrogens with zero attached hydrogens (tertiary/aromatic N) is 4. The Morgan fingerprint density at radius 2 is 2.03 bits per heavy atom. The Hall–Kier alpha value is -2.85. The van der Waals surface area contributed by atoms with Gasteiger partial charge in [-0.3, -0.25) is 9.78 Å². The van der Waals surface area contributed by atoms with Crippen LogP contribution in [-0.2, 0) is 18.3 Å². The number of benzene rings is 1. The van der Waals surface area contributed by atoms with E-state index in [0.29, 0.717) is 12.5 Å². The van der Waals surface area contributed by atoms with Crippen molar-refractivity contribution in [2.24, 2.45) is 0 Å². The minimum atomic E-state index is -0.0954. The number of rotatable bonds is 3. The molecule has 0 saturated carbocycles. The van der Waals surface area contributed by atoms with Gasteiger partial charge in [0.15, 0.2) is 0 Å². The Labute approximate surface area is 176 Å². The van der Waals surface area contributed by atoms with E-state index < -0.39 is 0 Å². The highest BCUT2D eigenvalue weighted by molar-refractivity contribution is 5.68. The van der Waals surface area contributed by atoms with Crippen molar-refractivity contribution in [2.75, 3.05) is 42.6 Å². The number of H-pyrrole nitrogens is 1. The van der Waals surface area contributed by atoms with Gasteiger partial charge in [0.1, 0.15) is 0 Å². The molecule has 1 aromatic heterocycles. The number of anilines is 2. The normalized spacial score (nSPS) is 19.5. The van der Waals surface area contributed by atoms with Crippen LogP contribution in [-0.4, -0.2) is 47.9 Å². The minimum absolute atomic E-state index is 0.0158. The molecule has 1 fully saturated rings. The van der Waals surface area contributed by atoms with Crippen LogP contribution in [0.4, 0.5) is 11.6 Å². The molecule has 0 atom stereocenters. The molecule has 2 N–H and O–H groups in total. The number of nitrogens with one attached hydrogen (secondary N) is 1. The summed E-state index contributed by atoms with van der Waals surface area (Å²) in [5.74, 6) is 0.689. The van der Waals surface area contributed by atoms with Crippen LogP contribution in [0.5, 0.6) is 0 Å². The zero-order chi connectivity index (χ0) is 20.7. The van der Waals surface area contributed by atoms with Crippen LogP contribution in [0.15, 0.2) is 23.0 Å². The van der Waals surface area contributed by atoms with Gasteiger partial charge in [-0.1, -0.05) is 6.07 Å². The molecule has 1 aromatic carbocycles. The zero-order valence-electron chi connectivity index (χ0n) is 17.2. The quantitative estimate of drug-likeness (QED) is 0.809. The number of nitriles is 1. The van der Waals surface area contributed by atoms with E-state index in [4.69, 9.17) is 4.98 Å². The molecule has 2 aromatic rings. The molecule has 3 heterocycles. The van der Waals surface area contributed by atoms with Gasteiger partial charge in [-0.2, -0.15) is 5.26 Å². The van der Waals surface area contributed by atoms with E-state index >= 15 is 0 Å². The third-order valence-electron chi connectivity index (χ3n) is 7.10. The number of hydrogen-bond donors (Lipinski definition) is 2. The van der Waals surface area contributed by atoms with E-state index in [0.717, 1.165) is 86.2 Å². The van der Waals surface area contributed by atoms with Crippen molar-refractivity contribution in [3.8, 4) is 6.07 Å². The Bertz CT molecular complexity index is 1060. The number of hydrogen-bond acceptors (Lipinski definition) is 6. The highest BCUT2D eigenvalue weighted by atomic mass is 16.3. The van der Waals surface area contributed by atoms with Crippen LogP contribution in [0, 0.1) is 11.3 Å². The molecule has 7 heteroatoms. The van der Waals surface area contributed by atoms with E-state index in [1.54, 1.807) is 0 Å². The van der Waals surface area contributed by atoms with Crippen LogP contribution >= 0.6 is 0 Å². The molecule has 3 aliphatic rings. The number of fused-ring (bicyclic) bond motifs is 3. The maximum atomic E-state index is 12.6. The zero-order valence-corrected chi connectivity index (χ0v) is 17.2. The molecule has 1 spiro atoms. The number of aliphatic hydroxyl groups is 1. The fraction of sp³-hybridized carbons (Fsp3) is 0.522. The number of aromatic nitrogens is 2. The van der Waals surface area contributed by atoms with Gasteiger partial charge in [-0.05, 0) is 50.7 Å². The van der Waals surface area contributed by atoms with E-state index in [2.05, 4.69) is 26.9 Å². The van der Waals surface area contributed by atoms with Gasteiger partial charge in [-0.25, -0.2) is 4.98 Å². The summed E-state index contributed by atoms with van der Waals surface area (Å²) in [5, 5.41) is 19.2. The Balaban J connectivity index is 1.43. The number of β-amino-alcohol motifs (C(OH)–C–C–N with tert-alkyl or cyclic N) is 1. The molecule has 0 unspecified atom stereocenters. The molecule has 30 heavy (non-hydrogen) atoms. The lowest BCUT2D eigenvalue weighted by atomic mass is 9.73. The lowest BCUT2D eigenvalue weighted by molar-refractivity contribution is 0.294. The van der Waals surface area contributed by atoms with Gasteiger partial charge >= 0.3 is 0 Å². The van der Waals surface area contributed by atoms with Gasteiger partial charge in [0, 0.05) is 48.4 Å². The maximum Gasteiger partial charge on any atom is 0.255 e. The summed E-state index contributed by atoms with van der Waals surface area (Å²) in [6.45, 7) is 3.07. The monoisotopic (exact) mass is 405 g/mol. The van der Waals surface area contributed by atoms with Gasteiger partial charge in [-0.15, -0.1) is 0 Å². The standard InChI is InChI=1S/C23H27N5O2/c24-14-16-4-3-7-19-20(16)23(15-28(19)12-13-29)8-10-27(11-9-23)22-25-18-6-2-1-5-17(18)21(30)26-22/h3-4,7,29H,1-2,5-6,8-13,15H2,(H,25,26,30). The SMILES string of the molecule is N#Cc1cccc2c1C1(CCN(c3nc4c(c(=O)[nH]3)CCCC4)CC1)CN2CCO. The van der Waals surface area contributed by atoms with Crippen LogP contribution in [0.25, 0.3) is 0 Å². The highest BCUT2D eigenvalue weighted by Crippen LogP contribution is 2.48. The first-order valence-electron chi connectivity index (χ1n) is 10.9. The first-order valence-corrected chi connectivity index (χ1v) is 10.9. The molecule has 0 radical (unpaired) electrons. The average molecular weight is 406 g/mol. The average Bonchev–Trinajstić information content (AvgIpc) is 3.08. The third kappa shape index (κ3) is 2.98. The molecule has 7 nitrogen and oxygen atoms in total. The number of aliphatic hydroxyl groups excluding tert-OH is 1. The van der Waals surface area contributed by atoms with Crippen molar-refractivity contribution in [2.45, 2.75) is 43.9 Å². The first-order chi connectivity index (χ1) is 14.6. The van der Waals surface area contributed by atoms with Crippen molar-refractivity contribution in [3.63, 3.8) is 0 Å². The molecular formula is C23H27N5O2. The number of aryl methyl sites for hydroxylation is 1. The van der Waals surface area contributed by atoms with E-state index in [1.165, 1.54) is 0 Å². The summed E-state index contributed by atoms with van der Waals surface area (Å²) in [5.41, 5.74) is 4.70. The summed E-state index contributed by atoms with van der Waals surface area (Å²) < 4.78 is 0. The largest absolute Gasteiger partial charge is 0.395 e. The molecule has 0 amide bonds. The summed E-state index contributed by atoms with van der Waals surface area (Å²) in [6.07, 6.45) is 5.66. The van der Waals surface area contributed by atoms with Crippen molar-refractivity contribution in [1.82, 2.24) is 9.97 Å². The van der Waals surface area contributed by atoms with Gasteiger partial charge in [0.05, 0.1) is 23.9 Å². The van der Waals surface area contributed by atoms with Gasteiger partial charge in [0.25, 0.3) is 5.56 Å². The fourth-order valence-corrected chi connectivity index (χ4v) is 5.60. The summed E-state index contributed by atoms with van der Waals surface area (Å²) in [4.78, 5) is 24.8. The Morgan fingerprint density at radius 3 is 2.80 bits per heavy atom. The van der Waals surface area contributed by atoms with Crippen molar-refractivity contribution in [1.29, 1.82) is 5.26 Å². The fourth-order valence-electron chi connectivity index (χ4n) is 5.60. The van der Waals surface area contributed by atoms with Crippen LogP contribution in [0.2, 0.25) is 0 Å². The molecular weight excluding hydrogens is 378 g/mol. The molecule has 2 aliphatic heterocycles. The second kappa shape index (κ2) is 7.44. The Kier molecular flexibility index (Phi) is 4.75. The predicted molar refractivity (Wildman–Crippen MR) is 115 cm³/mol. The summed E-state index contributed by atoms with van der Waals surface area (Å²) in [6, 6.07) is 8.28. The van der Waals surface area contributed by atoms with Gasteiger partial charge in [0.2, 0.25) is 5.95 Å². The second-order valence-corrected chi connectivity index (χ2v) is 8.75. The van der Waals surface area contributed by atoms with E-state index in [-0.39, 0.29) is 17.6 Å². The molecule has 156 valence electrons. The van der Waals surface area contributed by atoms with Crippen molar-refractivity contribution < 1.29 is 5.11 Å². The second-order valence-electron chi connectivity index (χ2n) is 8.75. The molecule has 1 aliphatic carbocycles. The van der Waals surface area contributed by atoms with Crippen LogP contribution in [0.1, 0.15) is 48.1 Å². The highest BCUT2D eigenvalue weighted by Gasteiger charge is 2.46. The minimum Gasteiger partial charge on any atom is -0.395 e. The first kappa shape index (κ1) is 19.1. The third-order valence-corrected chi connectivity index (χ3v) is 7.10. The lowest BCUT2D eigenvalue weighted by Gasteiger charge is -2.40. The summed E-state index contributed by atoms with van der Waals surface area (Å²) in [7, 11) is 0. The summed E-state index contributed by atoms with van der Waals surface area (Å²) >= 11 is 0. The Morgan fingerprint density at radius 1 is 1.23 bits per heavy atom. The topological polar surface area (TPSA) is 96.2 Å². The van der Waals surface area contributed by atoms with Gasteiger partial charge < -0.3 is 14.9 Å². The number of aromatic amines is 1. The number of piperidine rings is 1. The lowest BCUT2D eigenvalue weighted by Crippen LogP contribution is -2.46. The van der Waals surface area contributed by atoms with Crippen LogP contribution in [0.3, 0.4) is 0 Å². The molecule has 5 rings (SSSR count). The van der Waals surface area contributed by atoms with Crippen LogP contribution < -0.4 is 15.4 Å².